The highest BCUT2D eigenvalue weighted by atomic mass is 79.9. The SMILES string of the molecule is COc1ccc(Br)cc1C1CCCN1C(=O)[C@@H]1CC[C@H](CN)O1. The lowest BCUT2D eigenvalue weighted by Crippen LogP contribution is -2.39. The fourth-order valence-corrected chi connectivity index (χ4v) is 3.94. The molecule has 2 aliphatic heterocycles. The van der Waals surface area contributed by atoms with Crippen LogP contribution in [0.15, 0.2) is 22.7 Å². The largest absolute Gasteiger partial charge is 0.496 e. The number of amides is 1. The van der Waals surface area contributed by atoms with E-state index >= 15 is 0 Å². The van der Waals surface area contributed by atoms with Crippen molar-refractivity contribution in [3.8, 4) is 5.75 Å². The molecular formula is C17H23BrN2O3. The van der Waals surface area contributed by atoms with Gasteiger partial charge in [-0.2, -0.15) is 0 Å². The van der Waals surface area contributed by atoms with Crippen LogP contribution in [0.25, 0.3) is 0 Å². The number of hydrogen-bond donors (Lipinski definition) is 1. The van der Waals surface area contributed by atoms with E-state index in [2.05, 4.69) is 15.9 Å². The predicted molar refractivity (Wildman–Crippen MR) is 91.3 cm³/mol. The van der Waals surface area contributed by atoms with E-state index in [4.69, 9.17) is 15.2 Å². The Kier molecular flexibility index (Phi) is 5.24. The van der Waals surface area contributed by atoms with Gasteiger partial charge in [0.2, 0.25) is 0 Å². The maximum atomic E-state index is 12.9. The summed E-state index contributed by atoms with van der Waals surface area (Å²) in [5, 5.41) is 0. The summed E-state index contributed by atoms with van der Waals surface area (Å²) in [4.78, 5) is 14.8. The number of benzene rings is 1. The highest BCUT2D eigenvalue weighted by molar-refractivity contribution is 9.10. The Morgan fingerprint density at radius 1 is 1.43 bits per heavy atom. The highest BCUT2D eigenvalue weighted by Gasteiger charge is 2.38. The van der Waals surface area contributed by atoms with E-state index in [0.717, 1.165) is 48.0 Å². The average Bonchev–Trinajstić information content (AvgIpc) is 3.23. The van der Waals surface area contributed by atoms with E-state index in [9.17, 15) is 4.79 Å². The maximum absolute atomic E-state index is 12.9. The van der Waals surface area contributed by atoms with Gasteiger partial charge in [-0.25, -0.2) is 0 Å². The first-order valence-corrected chi connectivity index (χ1v) is 8.92. The smallest absolute Gasteiger partial charge is 0.252 e. The first-order chi connectivity index (χ1) is 11.1. The number of halogens is 1. The summed E-state index contributed by atoms with van der Waals surface area (Å²) in [7, 11) is 1.67. The normalized spacial score (nSPS) is 27.4. The third-order valence-corrected chi connectivity index (χ3v) is 5.23. The van der Waals surface area contributed by atoms with E-state index < -0.39 is 0 Å². The van der Waals surface area contributed by atoms with Crippen molar-refractivity contribution in [2.75, 3.05) is 20.2 Å². The van der Waals surface area contributed by atoms with Crippen molar-refractivity contribution in [1.82, 2.24) is 4.90 Å². The Morgan fingerprint density at radius 3 is 2.96 bits per heavy atom. The summed E-state index contributed by atoms with van der Waals surface area (Å²) in [5.74, 6) is 0.913. The van der Waals surface area contributed by atoms with Gasteiger partial charge in [0.1, 0.15) is 11.9 Å². The zero-order chi connectivity index (χ0) is 16.4. The molecule has 0 bridgehead atoms. The van der Waals surface area contributed by atoms with Crippen molar-refractivity contribution in [1.29, 1.82) is 0 Å². The number of nitrogens with zero attached hydrogens (tertiary/aromatic N) is 1. The molecule has 0 spiro atoms. The standard InChI is InChI=1S/C17H23BrN2O3/c1-22-15-6-4-11(18)9-13(15)14-3-2-8-20(14)17(21)16-7-5-12(10-19)23-16/h4,6,9,12,14,16H,2-3,5,7-8,10,19H2,1H3/t12-,14?,16+/m1/s1. The van der Waals surface area contributed by atoms with Crippen LogP contribution in [0.2, 0.25) is 0 Å². The maximum Gasteiger partial charge on any atom is 0.252 e. The molecule has 0 radical (unpaired) electrons. The van der Waals surface area contributed by atoms with Crippen LogP contribution in [-0.4, -0.2) is 43.2 Å². The number of carbonyl (C=O) groups is 1. The monoisotopic (exact) mass is 382 g/mol. The van der Waals surface area contributed by atoms with Crippen LogP contribution in [0.1, 0.15) is 37.3 Å². The molecule has 0 aliphatic carbocycles. The number of ether oxygens (including phenoxy) is 2. The summed E-state index contributed by atoms with van der Waals surface area (Å²) >= 11 is 3.52. The first-order valence-electron chi connectivity index (χ1n) is 8.13. The Hall–Kier alpha value is -1.11. The summed E-state index contributed by atoms with van der Waals surface area (Å²) < 4.78 is 12.3. The Labute approximate surface area is 145 Å². The van der Waals surface area contributed by atoms with E-state index in [1.54, 1.807) is 7.11 Å². The number of hydrogen-bond acceptors (Lipinski definition) is 4. The lowest BCUT2D eigenvalue weighted by atomic mass is 10.0. The van der Waals surface area contributed by atoms with Crippen molar-refractivity contribution in [3.05, 3.63) is 28.2 Å². The molecule has 1 aromatic rings. The number of nitrogens with two attached hydrogens (primary N) is 1. The molecule has 6 heteroatoms. The molecule has 23 heavy (non-hydrogen) atoms. The Morgan fingerprint density at radius 2 is 2.26 bits per heavy atom. The molecule has 1 aromatic carbocycles. The lowest BCUT2D eigenvalue weighted by Gasteiger charge is -2.28. The number of carbonyl (C=O) groups excluding carboxylic acids is 1. The molecule has 2 saturated heterocycles. The molecule has 3 atom stereocenters. The van der Waals surface area contributed by atoms with Crippen molar-refractivity contribution in [2.45, 2.75) is 43.9 Å². The summed E-state index contributed by atoms with van der Waals surface area (Å²) in [5.41, 5.74) is 6.71. The van der Waals surface area contributed by atoms with Gasteiger partial charge in [-0.3, -0.25) is 4.79 Å². The molecular weight excluding hydrogens is 360 g/mol. The van der Waals surface area contributed by atoms with Crippen LogP contribution >= 0.6 is 15.9 Å². The number of likely N-dealkylation sites (tertiary alicyclic amines) is 1. The predicted octanol–water partition coefficient (Wildman–Crippen LogP) is 2.63. The number of methoxy groups -OCH3 is 1. The fraction of sp³-hybridized carbons (Fsp3) is 0.588. The van der Waals surface area contributed by atoms with Gasteiger partial charge in [-0.1, -0.05) is 15.9 Å². The zero-order valence-electron chi connectivity index (χ0n) is 13.3. The molecule has 2 heterocycles. The van der Waals surface area contributed by atoms with Gasteiger partial charge in [-0.15, -0.1) is 0 Å². The van der Waals surface area contributed by atoms with Crippen molar-refractivity contribution < 1.29 is 14.3 Å². The summed E-state index contributed by atoms with van der Waals surface area (Å²) in [6, 6.07) is 6.00. The lowest BCUT2D eigenvalue weighted by molar-refractivity contribution is -0.143. The summed E-state index contributed by atoms with van der Waals surface area (Å²) in [6.07, 6.45) is 3.25. The van der Waals surface area contributed by atoms with Crippen LogP contribution < -0.4 is 10.5 Å². The van der Waals surface area contributed by atoms with Crippen molar-refractivity contribution >= 4 is 21.8 Å². The minimum absolute atomic E-state index is 0.0189. The molecule has 126 valence electrons. The van der Waals surface area contributed by atoms with E-state index in [-0.39, 0.29) is 24.2 Å². The molecule has 2 fully saturated rings. The third-order valence-electron chi connectivity index (χ3n) is 4.73. The third kappa shape index (κ3) is 3.39. The second kappa shape index (κ2) is 7.20. The highest BCUT2D eigenvalue weighted by Crippen LogP contribution is 2.39. The minimum Gasteiger partial charge on any atom is -0.496 e. The van der Waals surface area contributed by atoms with Gasteiger partial charge < -0.3 is 20.1 Å². The van der Waals surface area contributed by atoms with Crippen LogP contribution in [0, 0.1) is 0 Å². The topological polar surface area (TPSA) is 64.8 Å². The molecule has 1 amide bonds. The molecule has 5 nitrogen and oxygen atoms in total. The van der Waals surface area contributed by atoms with Gasteiger partial charge >= 0.3 is 0 Å². The fourth-order valence-electron chi connectivity index (χ4n) is 3.57. The summed E-state index contributed by atoms with van der Waals surface area (Å²) in [6.45, 7) is 1.25. The van der Waals surface area contributed by atoms with Crippen LogP contribution in [0.5, 0.6) is 5.75 Å². The molecule has 0 aromatic heterocycles. The molecule has 0 saturated carbocycles. The number of rotatable bonds is 4. The van der Waals surface area contributed by atoms with Crippen LogP contribution in [-0.2, 0) is 9.53 Å². The average molecular weight is 383 g/mol. The molecule has 1 unspecified atom stereocenters. The Bertz CT molecular complexity index is 581. The van der Waals surface area contributed by atoms with Gasteiger partial charge in [0, 0.05) is 23.1 Å². The van der Waals surface area contributed by atoms with Gasteiger partial charge in [0.05, 0.1) is 19.3 Å². The van der Waals surface area contributed by atoms with E-state index in [1.165, 1.54) is 0 Å². The second-order valence-corrected chi connectivity index (χ2v) is 7.05. The molecule has 3 rings (SSSR count). The minimum atomic E-state index is -0.345. The zero-order valence-corrected chi connectivity index (χ0v) is 14.9. The van der Waals surface area contributed by atoms with Crippen molar-refractivity contribution in [2.24, 2.45) is 5.73 Å². The second-order valence-electron chi connectivity index (χ2n) is 6.14. The van der Waals surface area contributed by atoms with Crippen molar-refractivity contribution in [3.63, 3.8) is 0 Å². The van der Waals surface area contributed by atoms with Crippen LogP contribution in [0.4, 0.5) is 0 Å². The molecule has 2 N–H and O–H groups in total. The quantitative estimate of drug-likeness (QED) is 0.868. The van der Waals surface area contributed by atoms with E-state index in [0.29, 0.717) is 6.54 Å². The molecule has 2 aliphatic rings. The van der Waals surface area contributed by atoms with Crippen LogP contribution in [0.3, 0.4) is 0 Å². The van der Waals surface area contributed by atoms with Gasteiger partial charge in [0.25, 0.3) is 5.91 Å². The van der Waals surface area contributed by atoms with E-state index in [1.807, 2.05) is 23.1 Å². The van der Waals surface area contributed by atoms with Gasteiger partial charge in [-0.05, 0) is 43.9 Å². The van der Waals surface area contributed by atoms with Gasteiger partial charge in [0.15, 0.2) is 0 Å². The first kappa shape index (κ1) is 16.7. The Balaban J connectivity index is 1.80.